The Morgan fingerprint density at radius 1 is 1.25 bits per heavy atom. The first kappa shape index (κ1) is 14.5. The maximum absolute atomic E-state index is 4.50. The summed E-state index contributed by atoms with van der Waals surface area (Å²) in [6.07, 6.45) is 1.87. The fraction of sp³-hybridized carbons (Fsp3) is 0.417. The van der Waals surface area contributed by atoms with E-state index in [-0.39, 0.29) is 0 Å². The number of aryl methyl sites for hydroxylation is 1. The second-order valence-corrected chi connectivity index (χ2v) is 2.79. The molecule has 3 N–H and O–H groups in total. The number of aromatic nitrogens is 2. The normalized spacial score (nSPS) is 8.62. The van der Waals surface area contributed by atoms with Crippen LogP contribution in [0.3, 0.4) is 0 Å². The maximum atomic E-state index is 4.50. The molecule has 0 fully saturated rings. The molecule has 1 aromatic carbocycles. The van der Waals surface area contributed by atoms with Crippen LogP contribution in [0, 0.1) is 0 Å². The van der Waals surface area contributed by atoms with E-state index >= 15 is 0 Å². The summed E-state index contributed by atoms with van der Waals surface area (Å²) in [5.74, 6) is 0. The Morgan fingerprint density at radius 2 is 1.88 bits per heavy atom. The fourth-order valence-corrected chi connectivity index (χ4v) is 1.32. The highest BCUT2D eigenvalue weighted by Crippen LogP contribution is 2.17. The zero-order valence-electron chi connectivity index (χ0n) is 10.8. The minimum absolute atomic E-state index is 1.12. The molecule has 90 valence electrons. The van der Waals surface area contributed by atoms with Gasteiger partial charge in [-0.2, -0.15) is 5.10 Å². The average Bonchev–Trinajstić information content (AvgIpc) is 2.75. The van der Waals surface area contributed by atoms with Crippen LogP contribution in [0.2, 0.25) is 0 Å². The Bertz CT molecular complexity index is 406. The van der Waals surface area contributed by atoms with Gasteiger partial charge in [0.05, 0.1) is 11.7 Å². The van der Waals surface area contributed by atoms with Crippen molar-refractivity contribution in [1.82, 2.24) is 9.78 Å². The minimum atomic E-state index is 1.12. The van der Waals surface area contributed by atoms with Crippen LogP contribution in [0.1, 0.15) is 13.8 Å². The standard InChI is InChI=1S/C9H11N3.C2H6.CH5N/c1-10-8-3-4-9-7(5-8)6-11-12(9)2;2*1-2/h3-6,10H,1-2H3;1-2H3;2H2,1H3. The van der Waals surface area contributed by atoms with E-state index in [1.54, 1.807) is 0 Å². The summed E-state index contributed by atoms with van der Waals surface area (Å²) >= 11 is 0. The number of anilines is 1. The highest BCUT2D eigenvalue weighted by atomic mass is 15.2. The van der Waals surface area contributed by atoms with Gasteiger partial charge < -0.3 is 11.1 Å². The van der Waals surface area contributed by atoms with E-state index in [0.29, 0.717) is 0 Å². The molecule has 0 saturated carbocycles. The molecule has 2 rings (SSSR count). The first-order valence-electron chi connectivity index (χ1n) is 5.48. The molecule has 0 aliphatic rings. The summed E-state index contributed by atoms with van der Waals surface area (Å²) in [6.45, 7) is 4.00. The van der Waals surface area contributed by atoms with Gasteiger partial charge in [-0.3, -0.25) is 4.68 Å². The lowest BCUT2D eigenvalue weighted by Crippen LogP contribution is -1.89. The SMILES string of the molecule is CC.CN.CNc1ccc2c(cnn2C)c1. The summed E-state index contributed by atoms with van der Waals surface area (Å²) < 4.78 is 1.87. The summed E-state index contributed by atoms with van der Waals surface area (Å²) in [5.41, 5.74) is 6.78. The number of hydrogen-bond acceptors (Lipinski definition) is 3. The number of fused-ring (bicyclic) bond motifs is 1. The van der Waals surface area contributed by atoms with Crippen LogP contribution in [0.15, 0.2) is 24.4 Å². The molecular weight excluding hydrogens is 200 g/mol. The van der Waals surface area contributed by atoms with Crippen LogP contribution in [-0.4, -0.2) is 23.9 Å². The van der Waals surface area contributed by atoms with Crippen molar-refractivity contribution < 1.29 is 0 Å². The smallest absolute Gasteiger partial charge is 0.0680 e. The second-order valence-electron chi connectivity index (χ2n) is 2.79. The van der Waals surface area contributed by atoms with E-state index in [2.05, 4.69) is 28.3 Å². The lowest BCUT2D eigenvalue weighted by Gasteiger charge is -1.99. The topological polar surface area (TPSA) is 55.9 Å². The molecule has 0 unspecified atom stereocenters. The number of hydrogen-bond donors (Lipinski definition) is 2. The first-order valence-corrected chi connectivity index (χ1v) is 5.48. The quantitative estimate of drug-likeness (QED) is 0.778. The van der Waals surface area contributed by atoms with Crippen molar-refractivity contribution in [2.24, 2.45) is 12.8 Å². The van der Waals surface area contributed by atoms with Crippen LogP contribution in [0.5, 0.6) is 0 Å². The molecular formula is C12H22N4. The molecule has 0 radical (unpaired) electrons. The molecule has 0 spiro atoms. The van der Waals surface area contributed by atoms with Crippen molar-refractivity contribution in [3.8, 4) is 0 Å². The van der Waals surface area contributed by atoms with Gasteiger partial charge in [-0.25, -0.2) is 0 Å². The van der Waals surface area contributed by atoms with Gasteiger partial charge in [-0.1, -0.05) is 13.8 Å². The van der Waals surface area contributed by atoms with Crippen molar-refractivity contribution in [3.63, 3.8) is 0 Å². The molecule has 0 amide bonds. The predicted molar refractivity (Wildman–Crippen MR) is 71.7 cm³/mol. The van der Waals surface area contributed by atoms with Crippen molar-refractivity contribution in [2.75, 3.05) is 19.4 Å². The minimum Gasteiger partial charge on any atom is -0.388 e. The van der Waals surface area contributed by atoms with E-state index in [1.165, 1.54) is 12.4 Å². The molecule has 0 bridgehead atoms. The molecule has 0 aliphatic heterocycles. The van der Waals surface area contributed by atoms with Crippen molar-refractivity contribution in [2.45, 2.75) is 13.8 Å². The monoisotopic (exact) mass is 222 g/mol. The van der Waals surface area contributed by atoms with Crippen LogP contribution in [0.25, 0.3) is 10.9 Å². The number of rotatable bonds is 1. The summed E-state index contributed by atoms with van der Waals surface area (Å²) in [5, 5.41) is 8.42. The Labute approximate surface area is 97.4 Å². The average molecular weight is 222 g/mol. The van der Waals surface area contributed by atoms with Crippen LogP contribution in [-0.2, 0) is 7.05 Å². The molecule has 0 saturated heterocycles. The summed E-state index contributed by atoms with van der Waals surface area (Å²) in [4.78, 5) is 0. The van der Waals surface area contributed by atoms with Crippen LogP contribution >= 0.6 is 0 Å². The zero-order chi connectivity index (χ0) is 12.6. The third-order valence-corrected chi connectivity index (χ3v) is 2.03. The molecule has 1 aromatic heterocycles. The van der Waals surface area contributed by atoms with Gasteiger partial charge in [-0.15, -0.1) is 0 Å². The number of nitrogens with two attached hydrogens (primary N) is 1. The molecule has 2 aromatic rings. The maximum Gasteiger partial charge on any atom is 0.0680 e. The second kappa shape index (κ2) is 7.70. The van der Waals surface area contributed by atoms with Crippen molar-refractivity contribution in [3.05, 3.63) is 24.4 Å². The highest BCUT2D eigenvalue weighted by molar-refractivity contribution is 5.82. The third-order valence-electron chi connectivity index (χ3n) is 2.03. The lowest BCUT2D eigenvalue weighted by atomic mass is 10.2. The third kappa shape index (κ3) is 3.24. The van der Waals surface area contributed by atoms with Gasteiger partial charge in [0.1, 0.15) is 0 Å². The fourth-order valence-electron chi connectivity index (χ4n) is 1.32. The highest BCUT2D eigenvalue weighted by Gasteiger charge is 1.98. The van der Waals surface area contributed by atoms with Gasteiger partial charge in [0, 0.05) is 25.2 Å². The van der Waals surface area contributed by atoms with Gasteiger partial charge in [0.25, 0.3) is 0 Å². The largest absolute Gasteiger partial charge is 0.388 e. The van der Waals surface area contributed by atoms with Gasteiger partial charge in [0.15, 0.2) is 0 Å². The Morgan fingerprint density at radius 3 is 2.44 bits per heavy atom. The van der Waals surface area contributed by atoms with E-state index in [9.17, 15) is 0 Å². The molecule has 4 nitrogen and oxygen atoms in total. The van der Waals surface area contributed by atoms with E-state index in [4.69, 9.17) is 0 Å². The van der Waals surface area contributed by atoms with Gasteiger partial charge in [-0.05, 0) is 25.2 Å². The van der Waals surface area contributed by atoms with Gasteiger partial charge >= 0.3 is 0 Å². The zero-order valence-corrected chi connectivity index (χ0v) is 10.8. The molecule has 4 heteroatoms. The number of benzene rings is 1. The van der Waals surface area contributed by atoms with E-state index in [1.807, 2.05) is 44.9 Å². The van der Waals surface area contributed by atoms with E-state index in [0.717, 1.165) is 11.2 Å². The Hall–Kier alpha value is -1.55. The first-order chi connectivity index (χ1) is 7.81. The molecule has 0 aliphatic carbocycles. The summed E-state index contributed by atoms with van der Waals surface area (Å²) in [6, 6.07) is 6.19. The lowest BCUT2D eigenvalue weighted by molar-refractivity contribution is 0.797. The van der Waals surface area contributed by atoms with Crippen LogP contribution in [0.4, 0.5) is 5.69 Å². The Balaban J connectivity index is 0.000000509. The number of nitrogens with zero attached hydrogens (tertiary/aromatic N) is 2. The number of nitrogens with one attached hydrogen (secondary N) is 1. The van der Waals surface area contributed by atoms with Crippen molar-refractivity contribution >= 4 is 16.6 Å². The molecule has 0 atom stereocenters. The Kier molecular flexibility index (Phi) is 6.96. The van der Waals surface area contributed by atoms with Crippen molar-refractivity contribution in [1.29, 1.82) is 0 Å². The van der Waals surface area contributed by atoms with Gasteiger partial charge in [0.2, 0.25) is 0 Å². The summed E-state index contributed by atoms with van der Waals surface area (Å²) in [7, 11) is 5.36. The van der Waals surface area contributed by atoms with E-state index < -0.39 is 0 Å². The molecule has 1 heterocycles. The predicted octanol–water partition coefficient (Wildman–Crippen LogP) is 2.22. The molecule has 16 heavy (non-hydrogen) atoms. The van der Waals surface area contributed by atoms with Crippen LogP contribution < -0.4 is 11.1 Å².